The number of carbonyl (C=O) groups excluding carboxylic acids is 1. The molecule has 1 heterocycles. The molecule has 0 aliphatic carbocycles. The number of aldehydes is 1. The predicted molar refractivity (Wildman–Crippen MR) is 48.7 cm³/mol. The number of benzene rings is 1. The van der Waals surface area contributed by atoms with Crippen LogP contribution in [0.2, 0.25) is 5.02 Å². The molecule has 0 aliphatic heterocycles. The lowest BCUT2D eigenvalue weighted by Gasteiger charge is -1.95. The van der Waals surface area contributed by atoms with Gasteiger partial charge in [0.2, 0.25) is 0 Å². The fourth-order valence-corrected chi connectivity index (χ4v) is 1.48. The lowest BCUT2D eigenvalue weighted by atomic mass is 10.1. The standard InChI is InChI=1S/C9H6ClNO/c10-7-3-6(5-12)8-1-2-11-9(8)4-7/h1-5,11H. The highest BCUT2D eigenvalue weighted by Gasteiger charge is 2.01. The van der Waals surface area contributed by atoms with Gasteiger partial charge in [0.1, 0.15) is 0 Å². The third-order valence-electron chi connectivity index (χ3n) is 1.79. The molecule has 1 aromatic carbocycles. The molecule has 0 fully saturated rings. The Kier molecular flexibility index (Phi) is 1.62. The molecule has 2 aromatic rings. The van der Waals surface area contributed by atoms with E-state index in [1.807, 2.05) is 6.07 Å². The van der Waals surface area contributed by atoms with Crippen LogP contribution in [-0.2, 0) is 0 Å². The van der Waals surface area contributed by atoms with Crippen molar-refractivity contribution < 1.29 is 4.79 Å². The number of rotatable bonds is 1. The average Bonchev–Trinajstić information content (AvgIpc) is 2.50. The average molecular weight is 180 g/mol. The molecule has 0 spiro atoms. The van der Waals surface area contributed by atoms with Crippen molar-refractivity contribution in [2.24, 2.45) is 0 Å². The van der Waals surface area contributed by atoms with Gasteiger partial charge in [0, 0.05) is 27.7 Å². The van der Waals surface area contributed by atoms with Crippen molar-refractivity contribution in [1.82, 2.24) is 4.98 Å². The first-order valence-corrected chi connectivity index (χ1v) is 3.91. The number of halogens is 1. The zero-order valence-corrected chi connectivity index (χ0v) is 6.93. The number of H-pyrrole nitrogens is 1. The van der Waals surface area contributed by atoms with E-state index in [4.69, 9.17) is 11.6 Å². The van der Waals surface area contributed by atoms with Crippen molar-refractivity contribution in [3.63, 3.8) is 0 Å². The molecule has 3 heteroatoms. The van der Waals surface area contributed by atoms with Crippen LogP contribution < -0.4 is 0 Å². The largest absolute Gasteiger partial charge is 0.361 e. The van der Waals surface area contributed by atoms with E-state index < -0.39 is 0 Å². The van der Waals surface area contributed by atoms with Gasteiger partial charge in [0.15, 0.2) is 6.29 Å². The third-order valence-corrected chi connectivity index (χ3v) is 2.01. The summed E-state index contributed by atoms with van der Waals surface area (Å²) < 4.78 is 0. The van der Waals surface area contributed by atoms with Crippen molar-refractivity contribution in [1.29, 1.82) is 0 Å². The minimum atomic E-state index is 0.576. The summed E-state index contributed by atoms with van der Waals surface area (Å²) in [6.45, 7) is 0. The van der Waals surface area contributed by atoms with Crippen LogP contribution in [0.5, 0.6) is 0 Å². The van der Waals surface area contributed by atoms with Crippen LogP contribution in [0.4, 0.5) is 0 Å². The zero-order chi connectivity index (χ0) is 8.55. The van der Waals surface area contributed by atoms with Crippen LogP contribution >= 0.6 is 11.6 Å². The van der Waals surface area contributed by atoms with E-state index >= 15 is 0 Å². The van der Waals surface area contributed by atoms with E-state index in [9.17, 15) is 4.79 Å². The molecule has 1 N–H and O–H groups in total. The molecule has 0 aliphatic rings. The van der Waals surface area contributed by atoms with Crippen molar-refractivity contribution >= 4 is 28.8 Å². The SMILES string of the molecule is O=Cc1cc(Cl)cc2[nH]ccc12. The summed E-state index contributed by atoms with van der Waals surface area (Å²) in [6.07, 6.45) is 2.59. The Hall–Kier alpha value is -1.28. The molecule has 0 unspecified atom stereocenters. The number of aromatic amines is 1. The van der Waals surface area contributed by atoms with Crippen molar-refractivity contribution in [2.75, 3.05) is 0 Å². The van der Waals surface area contributed by atoms with Crippen LogP contribution in [0.25, 0.3) is 10.9 Å². The quantitative estimate of drug-likeness (QED) is 0.671. The fraction of sp³-hybridized carbons (Fsp3) is 0. The van der Waals surface area contributed by atoms with Gasteiger partial charge in [-0.25, -0.2) is 0 Å². The number of nitrogens with one attached hydrogen (secondary N) is 1. The Morgan fingerprint density at radius 3 is 3.00 bits per heavy atom. The number of aromatic nitrogens is 1. The Balaban J connectivity index is 2.88. The minimum absolute atomic E-state index is 0.576. The van der Waals surface area contributed by atoms with E-state index in [1.54, 1.807) is 18.3 Å². The molecule has 60 valence electrons. The van der Waals surface area contributed by atoms with Gasteiger partial charge >= 0.3 is 0 Å². The van der Waals surface area contributed by atoms with Crippen LogP contribution in [0.1, 0.15) is 10.4 Å². The van der Waals surface area contributed by atoms with Crippen LogP contribution in [0.3, 0.4) is 0 Å². The van der Waals surface area contributed by atoms with Gasteiger partial charge < -0.3 is 4.98 Å². The maximum Gasteiger partial charge on any atom is 0.150 e. The Bertz CT molecular complexity index is 433. The van der Waals surface area contributed by atoms with Gasteiger partial charge in [-0.1, -0.05) is 11.6 Å². The first-order chi connectivity index (χ1) is 5.81. The summed E-state index contributed by atoms with van der Waals surface area (Å²) in [5.41, 5.74) is 1.52. The number of fused-ring (bicyclic) bond motifs is 1. The number of hydrogen-bond donors (Lipinski definition) is 1. The summed E-state index contributed by atoms with van der Waals surface area (Å²) in [7, 11) is 0. The maximum absolute atomic E-state index is 10.6. The van der Waals surface area contributed by atoms with Crippen molar-refractivity contribution in [3.8, 4) is 0 Å². The van der Waals surface area contributed by atoms with Gasteiger partial charge in [0.05, 0.1) is 0 Å². The van der Waals surface area contributed by atoms with E-state index in [0.29, 0.717) is 10.6 Å². The van der Waals surface area contributed by atoms with E-state index in [-0.39, 0.29) is 0 Å². The van der Waals surface area contributed by atoms with Crippen LogP contribution in [0.15, 0.2) is 24.4 Å². The fourth-order valence-electron chi connectivity index (χ4n) is 1.26. The second-order valence-electron chi connectivity index (χ2n) is 2.55. The topological polar surface area (TPSA) is 32.9 Å². The zero-order valence-electron chi connectivity index (χ0n) is 6.17. The minimum Gasteiger partial charge on any atom is -0.361 e. The molecule has 1 aromatic heterocycles. The molecule has 2 nitrogen and oxygen atoms in total. The van der Waals surface area contributed by atoms with E-state index in [0.717, 1.165) is 17.2 Å². The highest BCUT2D eigenvalue weighted by molar-refractivity contribution is 6.31. The lowest BCUT2D eigenvalue weighted by Crippen LogP contribution is -1.80. The van der Waals surface area contributed by atoms with Crippen molar-refractivity contribution in [2.45, 2.75) is 0 Å². The molecule has 12 heavy (non-hydrogen) atoms. The first kappa shape index (κ1) is 7.37. The molecular weight excluding hydrogens is 174 g/mol. The molecule has 0 atom stereocenters. The van der Waals surface area contributed by atoms with Crippen LogP contribution in [-0.4, -0.2) is 11.3 Å². The predicted octanol–water partition coefficient (Wildman–Crippen LogP) is 2.63. The highest BCUT2D eigenvalue weighted by Crippen LogP contribution is 2.21. The summed E-state index contributed by atoms with van der Waals surface area (Å²) in [5.74, 6) is 0. The van der Waals surface area contributed by atoms with Gasteiger partial charge in [-0.05, 0) is 18.2 Å². The summed E-state index contributed by atoms with van der Waals surface area (Å²) in [5, 5.41) is 1.49. The molecule has 0 saturated carbocycles. The maximum atomic E-state index is 10.6. The second kappa shape index (κ2) is 2.64. The van der Waals surface area contributed by atoms with Gasteiger partial charge in [-0.15, -0.1) is 0 Å². The Morgan fingerprint density at radius 1 is 1.42 bits per heavy atom. The molecule has 0 amide bonds. The lowest BCUT2D eigenvalue weighted by molar-refractivity contribution is 0.112. The van der Waals surface area contributed by atoms with Gasteiger partial charge in [-0.3, -0.25) is 4.79 Å². The van der Waals surface area contributed by atoms with Crippen molar-refractivity contribution in [3.05, 3.63) is 35.0 Å². The van der Waals surface area contributed by atoms with Gasteiger partial charge in [0.25, 0.3) is 0 Å². The monoisotopic (exact) mass is 179 g/mol. The molecular formula is C9H6ClNO. The molecule has 0 saturated heterocycles. The number of carbonyl (C=O) groups is 1. The second-order valence-corrected chi connectivity index (χ2v) is 2.99. The van der Waals surface area contributed by atoms with Crippen LogP contribution in [0, 0.1) is 0 Å². The summed E-state index contributed by atoms with van der Waals surface area (Å²) >= 11 is 5.78. The highest BCUT2D eigenvalue weighted by atomic mass is 35.5. The number of hydrogen-bond acceptors (Lipinski definition) is 1. The first-order valence-electron chi connectivity index (χ1n) is 3.53. The molecule has 2 rings (SSSR count). The Morgan fingerprint density at radius 2 is 2.25 bits per heavy atom. The smallest absolute Gasteiger partial charge is 0.150 e. The van der Waals surface area contributed by atoms with Gasteiger partial charge in [-0.2, -0.15) is 0 Å². The molecule has 0 bridgehead atoms. The molecule has 0 radical (unpaired) electrons. The third kappa shape index (κ3) is 1.01. The summed E-state index contributed by atoms with van der Waals surface area (Å²) in [4.78, 5) is 13.6. The Labute approximate surface area is 74.2 Å². The van der Waals surface area contributed by atoms with E-state index in [1.165, 1.54) is 0 Å². The summed E-state index contributed by atoms with van der Waals surface area (Å²) in [6, 6.07) is 5.31. The van der Waals surface area contributed by atoms with E-state index in [2.05, 4.69) is 4.98 Å². The normalized spacial score (nSPS) is 10.4.